The van der Waals surface area contributed by atoms with Crippen molar-refractivity contribution < 1.29 is 0 Å². The van der Waals surface area contributed by atoms with Gasteiger partial charge in [-0.25, -0.2) is 4.98 Å². The largest absolute Gasteiger partial charge is 0.360 e. The standard InChI is InChI=1S/C19H30N4S/c1-14-10-15(2)13-23(12-14)18-9-8-17(11-20-18)22-19(24)21-16-6-4-3-5-7-16/h8-9,11,14-16H,3-7,10,12-13H2,1-2H3,(H2,21,22,24). The van der Waals surface area contributed by atoms with E-state index in [1.165, 1.54) is 38.5 Å². The Kier molecular flexibility index (Phi) is 5.93. The van der Waals surface area contributed by atoms with Gasteiger partial charge in [-0.2, -0.15) is 0 Å². The Morgan fingerprint density at radius 1 is 1.12 bits per heavy atom. The van der Waals surface area contributed by atoms with Gasteiger partial charge in [-0.1, -0.05) is 33.1 Å². The third kappa shape index (κ3) is 4.82. The Bertz CT molecular complexity index is 529. The van der Waals surface area contributed by atoms with E-state index in [0.717, 1.165) is 41.5 Å². The molecule has 132 valence electrons. The molecule has 2 atom stereocenters. The summed E-state index contributed by atoms with van der Waals surface area (Å²) in [5, 5.41) is 7.43. The molecular weight excluding hydrogens is 316 g/mol. The number of pyridine rings is 1. The summed E-state index contributed by atoms with van der Waals surface area (Å²) >= 11 is 5.45. The van der Waals surface area contributed by atoms with Gasteiger partial charge in [-0.05, 0) is 55.4 Å². The number of hydrogen-bond acceptors (Lipinski definition) is 3. The molecule has 4 nitrogen and oxygen atoms in total. The van der Waals surface area contributed by atoms with E-state index in [9.17, 15) is 0 Å². The number of thiocarbonyl (C=S) groups is 1. The fourth-order valence-electron chi connectivity index (χ4n) is 4.10. The third-order valence-electron chi connectivity index (χ3n) is 5.14. The van der Waals surface area contributed by atoms with Crippen molar-refractivity contribution in [1.29, 1.82) is 0 Å². The van der Waals surface area contributed by atoms with E-state index in [2.05, 4.69) is 46.5 Å². The predicted octanol–water partition coefficient (Wildman–Crippen LogP) is 4.18. The summed E-state index contributed by atoms with van der Waals surface area (Å²) in [5.41, 5.74) is 0.963. The lowest BCUT2D eigenvalue weighted by atomic mass is 9.92. The molecule has 24 heavy (non-hydrogen) atoms. The number of anilines is 2. The van der Waals surface area contributed by atoms with Crippen molar-refractivity contribution in [3.8, 4) is 0 Å². The van der Waals surface area contributed by atoms with Crippen molar-refractivity contribution >= 4 is 28.8 Å². The molecule has 1 aromatic rings. The molecule has 2 fully saturated rings. The first-order valence-electron chi connectivity index (χ1n) is 9.38. The van der Waals surface area contributed by atoms with Crippen molar-refractivity contribution in [2.45, 2.75) is 58.4 Å². The molecule has 0 bridgehead atoms. The van der Waals surface area contributed by atoms with Gasteiger partial charge in [0.05, 0.1) is 11.9 Å². The topological polar surface area (TPSA) is 40.2 Å². The Morgan fingerprint density at radius 3 is 2.46 bits per heavy atom. The van der Waals surface area contributed by atoms with E-state index in [4.69, 9.17) is 12.2 Å². The van der Waals surface area contributed by atoms with Crippen LogP contribution in [-0.4, -0.2) is 29.2 Å². The molecule has 0 aromatic carbocycles. The van der Waals surface area contributed by atoms with E-state index >= 15 is 0 Å². The summed E-state index contributed by atoms with van der Waals surface area (Å²) < 4.78 is 0. The van der Waals surface area contributed by atoms with E-state index in [0.29, 0.717) is 6.04 Å². The van der Waals surface area contributed by atoms with E-state index in [1.807, 2.05) is 6.20 Å². The van der Waals surface area contributed by atoms with Crippen LogP contribution >= 0.6 is 12.2 Å². The second-order valence-corrected chi connectivity index (χ2v) is 8.10. The molecule has 1 saturated heterocycles. The summed E-state index contributed by atoms with van der Waals surface area (Å²) in [7, 11) is 0. The zero-order chi connectivity index (χ0) is 16.9. The zero-order valence-corrected chi connectivity index (χ0v) is 15.7. The van der Waals surface area contributed by atoms with Crippen LogP contribution in [0.5, 0.6) is 0 Å². The molecule has 0 amide bonds. The average Bonchev–Trinajstić information content (AvgIpc) is 2.55. The quantitative estimate of drug-likeness (QED) is 0.803. The third-order valence-corrected chi connectivity index (χ3v) is 5.36. The van der Waals surface area contributed by atoms with E-state index in [-0.39, 0.29) is 0 Å². The minimum absolute atomic E-state index is 0.530. The molecule has 3 rings (SSSR count). The fraction of sp³-hybridized carbons (Fsp3) is 0.684. The highest BCUT2D eigenvalue weighted by atomic mass is 32.1. The minimum atomic E-state index is 0.530. The van der Waals surface area contributed by atoms with Crippen molar-refractivity contribution in [2.75, 3.05) is 23.3 Å². The average molecular weight is 347 g/mol. The molecular formula is C19H30N4S. The van der Waals surface area contributed by atoms with Gasteiger partial charge in [-0.3, -0.25) is 0 Å². The van der Waals surface area contributed by atoms with Crippen molar-refractivity contribution in [2.24, 2.45) is 11.8 Å². The fourth-order valence-corrected chi connectivity index (χ4v) is 4.38. The van der Waals surface area contributed by atoms with Crippen LogP contribution in [-0.2, 0) is 0 Å². The lowest BCUT2D eigenvalue weighted by molar-refractivity contribution is 0.355. The van der Waals surface area contributed by atoms with Crippen LogP contribution < -0.4 is 15.5 Å². The highest BCUT2D eigenvalue weighted by Gasteiger charge is 2.22. The summed E-state index contributed by atoms with van der Waals surface area (Å²) in [5.74, 6) is 2.55. The number of nitrogens with zero attached hydrogens (tertiary/aromatic N) is 2. The normalized spacial score (nSPS) is 25.3. The maximum atomic E-state index is 5.45. The highest BCUT2D eigenvalue weighted by Crippen LogP contribution is 2.25. The SMILES string of the molecule is CC1CC(C)CN(c2ccc(NC(=S)NC3CCCCC3)cn2)C1. The molecule has 2 N–H and O–H groups in total. The summed E-state index contributed by atoms with van der Waals surface area (Å²) in [6, 6.07) is 4.72. The van der Waals surface area contributed by atoms with Gasteiger partial charge < -0.3 is 15.5 Å². The highest BCUT2D eigenvalue weighted by molar-refractivity contribution is 7.80. The number of hydrogen-bond donors (Lipinski definition) is 2. The Hall–Kier alpha value is -1.36. The van der Waals surface area contributed by atoms with Gasteiger partial charge in [0.1, 0.15) is 5.82 Å². The Balaban J connectivity index is 1.53. The van der Waals surface area contributed by atoms with Crippen LogP contribution in [0.15, 0.2) is 18.3 Å². The molecule has 2 heterocycles. The molecule has 0 spiro atoms. The molecule has 5 heteroatoms. The second-order valence-electron chi connectivity index (χ2n) is 7.69. The van der Waals surface area contributed by atoms with Crippen LogP contribution in [0.4, 0.5) is 11.5 Å². The van der Waals surface area contributed by atoms with Crippen molar-refractivity contribution in [1.82, 2.24) is 10.3 Å². The first kappa shape index (κ1) is 17.5. The molecule has 1 saturated carbocycles. The van der Waals surface area contributed by atoms with Crippen LogP contribution in [0, 0.1) is 11.8 Å². The molecule has 2 unspecified atom stereocenters. The van der Waals surface area contributed by atoms with Crippen molar-refractivity contribution in [3.63, 3.8) is 0 Å². The number of rotatable bonds is 3. The Labute approximate surface area is 151 Å². The molecule has 1 aromatic heterocycles. The lowest BCUT2D eigenvalue weighted by Crippen LogP contribution is -2.39. The van der Waals surface area contributed by atoms with Crippen LogP contribution in [0.2, 0.25) is 0 Å². The van der Waals surface area contributed by atoms with E-state index in [1.54, 1.807) is 0 Å². The van der Waals surface area contributed by atoms with Gasteiger partial charge in [-0.15, -0.1) is 0 Å². The van der Waals surface area contributed by atoms with Crippen LogP contribution in [0.1, 0.15) is 52.4 Å². The van der Waals surface area contributed by atoms with Gasteiger partial charge in [0.2, 0.25) is 0 Å². The molecule has 1 aliphatic heterocycles. The first-order chi connectivity index (χ1) is 11.6. The van der Waals surface area contributed by atoms with Gasteiger partial charge in [0.25, 0.3) is 0 Å². The summed E-state index contributed by atoms with van der Waals surface area (Å²) in [6.07, 6.45) is 9.64. The first-order valence-corrected chi connectivity index (χ1v) is 9.79. The summed E-state index contributed by atoms with van der Waals surface area (Å²) in [6.45, 7) is 6.86. The smallest absolute Gasteiger partial charge is 0.171 e. The second kappa shape index (κ2) is 8.15. The maximum Gasteiger partial charge on any atom is 0.171 e. The van der Waals surface area contributed by atoms with Gasteiger partial charge >= 0.3 is 0 Å². The van der Waals surface area contributed by atoms with Crippen LogP contribution in [0.25, 0.3) is 0 Å². The number of nitrogens with one attached hydrogen (secondary N) is 2. The minimum Gasteiger partial charge on any atom is -0.360 e. The molecule has 2 aliphatic rings. The number of piperidine rings is 1. The maximum absolute atomic E-state index is 5.45. The molecule has 1 aliphatic carbocycles. The van der Waals surface area contributed by atoms with Crippen LogP contribution in [0.3, 0.4) is 0 Å². The Morgan fingerprint density at radius 2 is 1.83 bits per heavy atom. The lowest BCUT2D eigenvalue weighted by Gasteiger charge is -2.35. The monoisotopic (exact) mass is 346 g/mol. The summed E-state index contributed by atoms with van der Waals surface area (Å²) in [4.78, 5) is 7.05. The van der Waals surface area contributed by atoms with E-state index < -0.39 is 0 Å². The predicted molar refractivity (Wildman–Crippen MR) is 106 cm³/mol. The zero-order valence-electron chi connectivity index (χ0n) is 14.9. The van der Waals surface area contributed by atoms with Gasteiger partial charge in [0, 0.05) is 19.1 Å². The molecule has 0 radical (unpaired) electrons. The van der Waals surface area contributed by atoms with Crippen molar-refractivity contribution in [3.05, 3.63) is 18.3 Å². The number of aromatic nitrogens is 1. The van der Waals surface area contributed by atoms with Gasteiger partial charge in [0.15, 0.2) is 5.11 Å².